The van der Waals surface area contributed by atoms with Gasteiger partial charge < -0.3 is 0 Å². The lowest BCUT2D eigenvalue weighted by Crippen LogP contribution is -2.26. The molecule has 0 spiro atoms. The lowest BCUT2D eigenvalue weighted by atomic mass is 10.2. The van der Waals surface area contributed by atoms with Crippen LogP contribution in [0.2, 0.25) is 0 Å². The van der Waals surface area contributed by atoms with Gasteiger partial charge in [-0.1, -0.05) is 39.3 Å². The van der Waals surface area contributed by atoms with Crippen LogP contribution in [0.1, 0.15) is 30.3 Å². The molecule has 0 bridgehead atoms. The highest BCUT2D eigenvalue weighted by Gasteiger charge is 2.29. The van der Waals surface area contributed by atoms with Gasteiger partial charge in [-0.3, -0.25) is 9.36 Å². The second-order valence-corrected chi connectivity index (χ2v) is 7.70. The first-order valence-corrected chi connectivity index (χ1v) is 9.65. The number of hydrogen-bond donors (Lipinski definition) is 0. The third-order valence-corrected chi connectivity index (χ3v) is 5.26. The molecule has 1 fully saturated rings. The first-order valence-electron chi connectivity index (χ1n) is 8.86. The third-order valence-electron chi connectivity index (χ3n) is 4.77. The van der Waals surface area contributed by atoms with Crippen molar-refractivity contribution in [2.45, 2.75) is 25.3 Å². The van der Waals surface area contributed by atoms with Crippen LogP contribution in [0.15, 0.2) is 64.0 Å². The average Bonchev–Trinajstić information content (AvgIpc) is 3.43. The van der Waals surface area contributed by atoms with E-state index in [4.69, 9.17) is 4.98 Å². The molecule has 1 aliphatic rings. The largest absolute Gasteiger partial charge is 0.290 e. The van der Waals surface area contributed by atoms with Crippen molar-refractivity contribution < 1.29 is 0 Å². The Hall–Kier alpha value is -2.80. The Morgan fingerprint density at radius 2 is 1.93 bits per heavy atom. The Bertz CT molecular complexity index is 1190. The lowest BCUT2D eigenvalue weighted by molar-refractivity contribution is 0.666. The number of hydrogen-bond acceptors (Lipinski definition) is 4. The zero-order valence-electron chi connectivity index (χ0n) is 14.4. The Morgan fingerprint density at radius 1 is 1.11 bits per heavy atom. The van der Waals surface area contributed by atoms with Crippen LogP contribution in [0.3, 0.4) is 0 Å². The van der Waals surface area contributed by atoms with Crippen LogP contribution >= 0.6 is 15.9 Å². The Balaban J connectivity index is 1.59. The quantitative estimate of drug-likeness (QED) is 0.504. The molecule has 134 valence electrons. The Morgan fingerprint density at radius 3 is 2.70 bits per heavy atom. The first kappa shape index (κ1) is 16.4. The molecular formula is C20H16BrN5O. The highest BCUT2D eigenvalue weighted by Crippen LogP contribution is 2.39. The summed E-state index contributed by atoms with van der Waals surface area (Å²) in [5.74, 6) is 1.21. The van der Waals surface area contributed by atoms with Crippen molar-refractivity contribution in [3.05, 3.63) is 81.1 Å². The van der Waals surface area contributed by atoms with E-state index in [2.05, 4.69) is 26.2 Å². The fraction of sp³-hybridized carbons (Fsp3) is 0.200. The second-order valence-electron chi connectivity index (χ2n) is 6.79. The summed E-state index contributed by atoms with van der Waals surface area (Å²) in [7, 11) is 0. The zero-order valence-corrected chi connectivity index (χ0v) is 16.0. The number of para-hydroxylation sites is 1. The molecule has 0 aliphatic heterocycles. The topological polar surface area (TPSA) is 65.6 Å². The van der Waals surface area contributed by atoms with Gasteiger partial charge in [0.05, 0.1) is 29.3 Å². The number of rotatable bonds is 4. The van der Waals surface area contributed by atoms with Crippen LogP contribution in [0.4, 0.5) is 0 Å². The predicted octanol–water partition coefficient (Wildman–Crippen LogP) is 3.67. The van der Waals surface area contributed by atoms with Gasteiger partial charge in [0.15, 0.2) is 0 Å². The molecule has 0 unspecified atom stereocenters. The van der Waals surface area contributed by atoms with E-state index in [9.17, 15) is 4.79 Å². The smallest absolute Gasteiger partial charge is 0.261 e. The fourth-order valence-electron chi connectivity index (χ4n) is 3.26. The molecule has 27 heavy (non-hydrogen) atoms. The maximum atomic E-state index is 13.2. The maximum absolute atomic E-state index is 13.2. The van der Waals surface area contributed by atoms with Crippen molar-refractivity contribution in [3.8, 4) is 5.69 Å². The minimum Gasteiger partial charge on any atom is -0.290 e. The molecule has 1 aliphatic carbocycles. The van der Waals surface area contributed by atoms with Gasteiger partial charge in [0.25, 0.3) is 5.56 Å². The number of aromatic nitrogens is 5. The van der Waals surface area contributed by atoms with E-state index in [1.807, 2.05) is 54.7 Å². The summed E-state index contributed by atoms with van der Waals surface area (Å²) < 4.78 is 4.35. The van der Waals surface area contributed by atoms with Gasteiger partial charge in [0.2, 0.25) is 0 Å². The van der Waals surface area contributed by atoms with E-state index in [1.54, 1.807) is 9.25 Å². The lowest BCUT2D eigenvalue weighted by Gasteiger charge is -2.12. The summed E-state index contributed by atoms with van der Waals surface area (Å²) in [6.07, 6.45) is 4.01. The highest BCUT2D eigenvalue weighted by atomic mass is 79.9. The van der Waals surface area contributed by atoms with E-state index in [-0.39, 0.29) is 5.56 Å². The first-order chi connectivity index (χ1) is 13.2. The van der Waals surface area contributed by atoms with Gasteiger partial charge in [0.1, 0.15) is 11.5 Å². The van der Waals surface area contributed by atoms with Crippen LogP contribution in [0.25, 0.3) is 16.6 Å². The maximum Gasteiger partial charge on any atom is 0.261 e. The molecule has 0 atom stereocenters. The van der Waals surface area contributed by atoms with E-state index < -0.39 is 0 Å². The van der Waals surface area contributed by atoms with Gasteiger partial charge in [-0.15, -0.1) is 5.10 Å². The van der Waals surface area contributed by atoms with Gasteiger partial charge in [0, 0.05) is 10.4 Å². The van der Waals surface area contributed by atoms with Gasteiger partial charge in [-0.2, -0.15) is 0 Å². The monoisotopic (exact) mass is 421 g/mol. The Kier molecular flexibility index (Phi) is 3.89. The molecule has 2 aromatic heterocycles. The zero-order chi connectivity index (χ0) is 18.4. The van der Waals surface area contributed by atoms with Crippen molar-refractivity contribution >= 4 is 26.8 Å². The minimum atomic E-state index is -0.0301. The molecule has 0 saturated heterocycles. The highest BCUT2D eigenvalue weighted by molar-refractivity contribution is 9.10. The predicted molar refractivity (Wildman–Crippen MR) is 106 cm³/mol. The minimum absolute atomic E-state index is 0.0301. The van der Waals surface area contributed by atoms with Crippen LogP contribution in [0, 0.1) is 0 Å². The normalized spacial score (nSPS) is 14.0. The van der Waals surface area contributed by atoms with Crippen LogP contribution in [-0.4, -0.2) is 24.5 Å². The van der Waals surface area contributed by atoms with E-state index in [0.717, 1.165) is 40.0 Å². The summed E-state index contributed by atoms with van der Waals surface area (Å²) in [6.45, 7) is 0.368. The van der Waals surface area contributed by atoms with Crippen molar-refractivity contribution in [3.63, 3.8) is 0 Å². The van der Waals surface area contributed by atoms with E-state index in [1.165, 1.54) is 0 Å². The second kappa shape index (κ2) is 6.42. The molecule has 1 saturated carbocycles. The summed E-state index contributed by atoms with van der Waals surface area (Å²) in [6, 6.07) is 15.4. The average molecular weight is 422 g/mol. The molecule has 2 heterocycles. The van der Waals surface area contributed by atoms with Gasteiger partial charge >= 0.3 is 0 Å². The van der Waals surface area contributed by atoms with E-state index >= 15 is 0 Å². The van der Waals surface area contributed by atoms with Crippen molar-refractivity contribution in [2.75, 3.05) is 0 Å². The molecule has 6 nitrogen and oxygen atoms in total. The molecule has 0 radical (unpaired) electrons. The Labute approximate surface area is 163 Å². The molecular weight excluding hydrogens is 406 g/mol. The summed E-state index contributed by atoms with van der Waals surface area (Å²) in [5, 5.41) is 9.08. The number of nitrogens with zero attached hydrogens (tertiary/aromatic N) is 5. The summed E-state index contributed by atoms with van der Waals surface area (Å²) in [4.78, 5) is 17.9. The van der Waals surface area contributed by atoms with Crippen LogP contribution in [-0.2, 0) is 6.54 Å². The SMILES string of the molecule is O=c1c2cc(Br)ccc2nc(C2CC2)n1Cc1cn(-c2ccccc2)nn1. The van der Waals surface area contributed by atoms with Gasteiger partial charge in [-0.25, -0.2) is 9.67 Å². The number of benzene rings is 2. The molecule has 2 aromatic carbocycles. The van der Waals surface area contributed by atoms with Crippen LogP contribution < -0.4 is 5.56 Å². The summed E-state index contributed by atoms with van der Waals surface area (Å²) >= 11 is 3.45. The van der Waals surface area contributed by atoms with Gasteiger partial charge in [-0.05, 0) is 43.2 Å². The third kappa shape index (κ3) is 3.08. The molecule has 7 heteroatoms. The van der Waals surface area contributed by atoms with Crippen molar-refractivity contribution in [1.29, 1.82) is 0 Å². The number of halogens is 1. The standard InChI is InChI=1S/C20H16BrN5O/c21-14-8-9-18-17(10-14)20(27)25(19(22-18)13-6-7-13)11-15-12-26(24-23-15)16-4-2-1-3-5-16/h1-5,8-10,12-13H,6-7,11H2. The van der Waals surface area contributed by atoms with Crippen molar-refractivity contribution in [1.82, 2.24) is 24.5 Å². The number of fused-ring (bicyclic) bond motifs is 1. The molecule has 5 rings (SSSR count). The molecule has 4 aromatic rings. The molecule has 0 amide bonds. The summed E-state index contributed by atoms with van der Waals surface area (Å²) in [5.41, 5.74) is 2.39. The molecule has 0 N–H and O–H groups in total. The fourth-order valence-corrected chi connectivity index (χ4v) is 3.62. The van der Waals surface area contributed by atoms with Crippen molar-refractivity contribution in [2.24, 2.45) is 0 Å². The van der Waals surface area contributed by atoms with Crippen LogP contribution in [0.5, 0.6) is 0 Å². The van der Waals surface area contributed by atoms with E-state index in [0.29, 0.717) is 17.8 Å².